The Bertz CT molecular complexity index is 752. The molecule has 0 spiro atoms. The van der Waals surface area contributed by atoms with Gasteiger partial charge in [0.15, 0.2) is 11.6 Å². The zero-order chi connectivity index (χ0) is 16.2. The first-order chi connectivity index (χ1) is 10.9. The molecular formula is C14H15F2N5O2. The van der Waals surface area contributed by atoms with Gasteiger partial charge in [0.2, 0.25) is 5.89 Å². The van der Waals surface area contributed by atoms with Gasteiger partial charge in [0.05, 0.1) is 6.54 Å². The molecule has 0 N–H and O–H groups in total. The van der Waals surface area contributed by atoms with E-state index in [9.17, 15) is 13.6 Å². The van der Waals surface area contributed by atoms with Gasteiger partial charge >= 0.3 is 0 Å². The quantitative estimate of drug-likeness (QED) is 0.862. The van der Waals surface area contributed by atoms with Gasteiger partial charge in [-0.2, -0.15) is 4.98 Å². The molecule has 1 saturated heterocycles. The van der Waals surface area contributed by atoms with Crippen LogP contribution < -0.4 is 0 Å². The first-order valence-corrected chi connectivity index (χ1v) is 7.44. The van der Waals surface area contributed by atoms with Gasteiger partial charge in [-0.1, -0.05) is 5.16 Å². The Labute approximate surface area is 130 Å². The molecule has 1 aliphatic carbocycles. The minimum atomic E-state index is -2.99. The van der Waals surface area contributed by atoms with E-state index in [1.807, 2.05) is 0 Å². The molecule has 1 saturated carbocycles. The minimum Gasteiger partial charge on any atom is -0.337 e. The van der Waals surface area contributed by atoms with Gasteiger partial charge in [0.25, 0.3) is 11.8 Å². The summed E-state index contributed by atoms with van der Waals surface area (Å²) in [4.78, 5) is 21.8. The van der Waals surface area contributed by atoms with Gasteiger partial charge in [0.1, 0.15) is 6.04 Å². The number of rotatable bonds is 3. The molecule has 9 heteroatoms. The monoisotopic (exact) mass is 323 g/mol. The van der Waals surface area contributed by atoms with E-state index in [1.165, 1.54) is 10.8 Å². The Morgan fingerprint density at radius 2 is 2.22 bits per heavy atom. The average Bonchev–Trinajstić information content (AvgIpc) is 2.94. The smallest absolute Gasteiger partial charge is 0.290 e. The van der Waals surface area contributed by atoms with Crippen LogP contribution in [0.1, 0.15) is 53.6 Å². The first kappa shape index (κ1) is 14.3. The number of carbonyl (C=O) groups excluding carboxylic acids is 1. The fraction of sp³-hybridized carbons (Fsp3) is 0.571. The Hall–Kier alpha value is -2.32. The summed E-state index contributed by atoms with van der Waals surface area (Å²) < 4.78 is 34.5. The van der Waals surface area contributed by atoms with E-state index in [1.54, 1.807) is 13.2 Å². The van der Waals surface area contributed by atoms with Crippen LogP contribution in [0.25, 0.3) is 0 Å². The average molecular weight is 323 g/mol. The summed E-state index contributed by atoms with van der Waals surface area (Å²) in [5, 5.41) is 3.85. The number of aryl methyl sites for hydroxylation is 1. The summed E-state index contributed by atoms with van der Waals surface area (Å²) in [6, 6.07) is -0.922. The number of carbonyl (C=O) groups is 1. The van der Waals surface area contributed by atoms with Crippen LogP contribution in [-0.2, 0) is 7.05 Å². The summed E-state index contributed by atoms with van der Waals surface area (Å²) >= 11 is 0. The SMILES string of the molecule is Cn1ccnc1C(=O)N1CC(F)(F)CC1c1nc(C2CC2)no1. The third-order valence-corrected chi connectivity index (χ3v) is 4.23. The number of hydrogen-bond donors (Lipinski definition) is 0. The predicted octanol–water partition coefficient (Wildman–Crippen LogP) is 1.90. The first-order valence-electron chi connectivity index (χ1n) is 7.44. The highest BCUT2D eigenvalue weighted by Gasteiger charge is 2.50. The van der Waals surface area contributed by atoms with Crippen molar-refractivity contribution in [1.82, 2.24) is 24.6 Å². The van der Waals surface area contributed by atoms with Crippen LogP contribution in [0.4, 0.5) is 8.78 Å². The van der Waals surface area contributed by atoms with Crippen molar-refractivity contribution >= 4 is 5.91 Å². The molecular weight excluding hydrogens is 308 g/mol. The standard InChI is InChI=1S/C14H15F2N5O2/c1-20-5-4-17-11(20)13(22)21-7-14(15,16)6-9(21)12-18-10(19-23-12)8-2-3-8/h4-5,8-9H,2-3,6-7H2,1H3. The number of imidazole rings is 1. The molecule has 1 amide bonds. The van der Waals surface area contributed by atoms with E-state index in [-0.39, 0.29) is 17.6 Å². The van der Waals surface area contributed by atoms with Gasteiger partial charge < -0.3 is 14.0 Å². The predicted molar refractivity (Wildman–Crippen MR) is 72.8 cm³/mol. The molecule has 0 radical (unpaired) electrons. The largest absolute Gasteiger partial charge is 0.337 e. The molecule has 2 aromatic rings. The summed E-state index contributed by atoms with van der Waals surface area (Å²) in [5.41, 5.74) is 0. The van der Waals surface area contributed by atoms with Crippen LogP contribution in [0, 0.1) is 0 Å². The number of aromatic nitrogens is 4. The highest BCUT2D eigenvalue weighted by Crippen LogP contribution is 2.43. The van der Waals surface area contributed by atoms with Crippen molar-refractivity contribution < 1.29 is 18.1 Å². The lowest BCUT2D eigenvalue weighted by Crippen LogP contribution is -2.34. The summed E-state index contributed by atoms with van der Waals surface area (Å²) in [7, 11) is 1.64. The van der Waals surface area contributed by atoms with Crippen LogP contribution >= 0.6 is 0 Å². The molecule has 7 nitrogen and oxygen atoms in total. The lowest BCUT2D eigenvalue weighted by Gasteiger charge is -2.20. The molecule has 122 valence electrons. The van der Waals surface area contributed by atoms with Gasteiger partial charge in [-0.15, -0.1) is 0 Å². The Morgan fingerprint density at radius 1 is 1.43 bits per heavy atom. The highest BCUT2D eigenvalue weighted by molar-refractivity contribution is 5.91. The van der Waals surface area contributed by atoms with E-state index in [4.69, 9.17) is 4.52 Å². The van der Waals surface area contributed by atoms with Crippen LogP contribution in [0.3, 0.4) is 0 Å². The van der Waals surface area contributed by atoms with Crippen LogP contribution in [-0.4, -0.2) is 43.0 Å². The molecule has 3 heterocycles. The van der Waals surface area contributed by atoms with Crippen molar-refractivity contribution in [3.05, 3.63) is 29.9 Å². The van der Waals surface area contributed by atoms with E-state index in [0.717, 1.165) is 17.7 Å². The third-order valence-electron chi connectivity index (χ3n) is 4.23. The summed E-state index contributed by atoms with van der Waals surface area (Å²) in [6.07, 6.45) is 4.49. The van der Waals surface area contributed by atoms with E-state index in [2.05, 4.69) is 15.1 Å². The zero-order valence-electron chi connectivity index (χ0n) is 12.4. The van der Waals surface area contributed by atoms with E-state index in [0.29, 0.717) is 5.82 Å². The Morgan fingerprint density at radius 3 is 2.87 bits per heavy atom. The molecule has 23 heavy (non-hydrogen) atoms. The van der Waals surface area contributed by atoms with Crippen LogP contribution in [0.5, 0.6) is 0 Å². The van der Waals surface area contributed by atoms with Crippen LogP contribution in [0.2, 0.25) is 0 Å². The topological polar surface area (TPSA) is 77.1 Å². The molecule has 2 fully saturated rings. The molecule has 2 aromatic heterocycles. The maximum absolute atomic E-state index is 13.9. The lowest BCUT2D eigenvalue weighted by molar-refractivity contribution is 0.0115. The maximum Gasteiger partial charge on any atom is 0.290 e. The van der Waals surface area contributed by atoms with Gasteiger partial charge in [-0.05, 0) is 12.8 Å². The van der Waals surface area contributed by atoms with Crippen molar-refractivity contribution in [2.24, 2.45) is 7.05 Å². The molecule has 2 aliphatic rings. The van der Waals surface area contributed by atoms with E-state index < -0.39 is 30.8 Å². The van der Waals surface area contributed by atoms with Crippen molar-refractivity contribution in [2.45, 2.75) is 37.1 Å². The molecule has 1 atom stereocenters. The van der Waals surface area contributed by atoms with Crippen molar-refractivity contribution in [3.63, 3.8) is 0 Å². The molecule has 1 aliphatic heterocycles. The fourth-order valence-corrected chi connectivity index (χ4v) is 2.84. The second kappa shape index (κ2) is 4.84. The van der Waals surface area contributed by atoms with Gasteiger partial charge in [-0.25, -0.2) is 13.8 Å². The molecule has 0 bridgehead atoms. The Kier molecular flexibility index (Phi) is 3.00. The van der Waals surface area contributed by atoms with E-state index >= 15 is 0 Å². The molecule has 4 rings (SSSR count). The highest BCUT2D eigenvalue weighted by atomic mass is 19.3. The number of hydrogen-bond acceptors (Lipinski definition) is 5. The molecule has 0 aromatic carbocycles. The fourth-order valence-electron chi connectivity index (χ4n) is 2.84. The van der Waals surface area contributed by atoms with Crippen LogP contribution in [0.15, 0.2) is 16.9 Å². The third kappa shape index (κ3) is 2.49. The number of alkyl halides is 2. The molecule has 1 unspecified atom stereocenters. The maximum atomic E-state index is 13.9. The summed E-state index contributed by atoms with van der Waals surface area (Å²) in [5.74, 6) is -2.57. The minimum absolute atomic E-state index is 0.0756. The van der Waals surface area contributed by atoms with Crippen molar-refractivity contribution in [1.29, 1.82) is 0 Å². The lowest BCUT2D eigenvalue weighted by atomic mass is 10.2. The number of likely N-dealkylation sites (tertiary alicyclic amines) is 1. The second-order valence-corrected chi connectivity index (χ2v) is 6.14. The second-order valence-electron chi connectivity index (χ2n) is 6.14. The van der Waals surface area contributed by atoms with Crippen molar-refractivity contribution in [3.8, 4) is 0 Å². The zero-order valence-corrected chi connectivity index (χ0v) is 12.4. The number of halogens is 2. The number of nitrogens with zero attached hydrogens (tertiary/aromatic N) is 5. The van der Waals surface area contributed by atoms with Gasteiger partial charge in [-0.3, -0.25) is 4.79 Å². The summed E-state index contributed by atoms with van der Waals surface area (Å²) in [6.45, 7) is -0.676. The number of amides is 1. The normalized spacial score (nSPS) is 23.4. The van der Waals surface area contributed by atoms with Gasteiger partial charge in [0, 0.05) is 31.8 Å². The Balaban J connectivity index is 1.65. The van der Waals surface area contributed by atoms with Crippen molar-refractivity contribution in [2.75, 3.05) is 6.54 Å².